The molecular formula is C18H25ClF4N2. The molecule has 1 aromatic carbocycles. The molecule has 0 aliphatic carbocycles. The van der Waals surface area contributed by atoms with E-state index in [1.165, 1.54) is 12.1 Å². The van der Waals surface area contributed by atoms with Gasteiger partial charge in [0.1, 0.15) is 5.82 Å². The minimum atomic E-state index is -4.67. The van der Waals surface area contributed by atoms with E-state index in [2.05, 4.69) is 16.8 Å². The van der Waals surface area contributed by atoms with Crippen LogP contribution in [0.4, 0.5) is 17.6 Å². The molecule has 1 aliphatic rings. The summed E-state index contributed by atoms with van der Waals surface area (Å²) in [5.41, 5.74) is -1.02. The molecule has 1 fully saturated rings. The van der Waals surface area contributed by atoms with Crippen LogP contribution in [0.25, 0.3) is 0 Å². The van der Waals surface area contributed by atoms with Gasteiger partial charge in [0.15, 0.2) is 0 Å². The predicted octanol–water partition coefficient (Wildman–Crippen LogP) is 4.96. The van der Waals surface area contributed by atoms with Gasteiger partial charge in [-0.1, -0.05) is 24.6 Å². The average molecular weight is 381 g/mol. The zero-order valence-corrected chi connectivity index (χ0v) is 14.9. The minimum absolute atomic E-state index is 0. The van der Waals surface area contributed by atoms with Crippen molar-refractivity contribution in [2.75, 3.05) is 26.2 Å². The van der Waals surface area contributed by atoms with Crippen LogP contribution < -0.4 is 5.32 Å². The fourth-order valence-corrected chi connectivity index (χ4v) is 3.18. The van der Waals surface area contributed by atoms with Crippen molar-refractivity contribution in [3.63, 3.8) is 0 Å². The van der Waals surface area contributed by atoms with Gasteiger partial charge in [-0.25, -0.2) is 4.39 Å². The summed E-state index contributed by atoms with van der Waals surface area (Å²) in [6.07, 6.45) is 0.399. The molecule has 25 heavy (non-hydrogen) atoms. The van der Waals surface area contributed by atoms with Crippen molar-refractivity contribution >= 4 is 12.4 Å². The smallest absolute Gasteiger partial charge is 0.314 e. The van der Waals surface area contributed by atoms with E-state index in [4.69, 9.17) is 0 Å². The second-order valence-corrected chi connectivity index (χ2v) is 6.08. The summed E-state index contributed by atoms with van der Waals surface area (Å²) in [6, 6.07) is 3.29. The molecule has 1 aromatic rings. The van der Waals surface area contributed by atoms with Gasteiger partial charge >= 0.3 is 6.18 Å². The zero-order valence-electron chi connectivity index (χ0n) is 14.1. The van der Waals surface area contributed by atoms with Crippen molar-refractivity contribution < 1.29 is 17.6 Å². The van der Waals surface area contributed by atoms with Crippen LogP contribution in [0.2, 0.25) is 0 Å². The number of nitrogens with zero attached hydrogens (tertiary/aromatic N) is 1. The first-order valence-corrected chi connectivity index (χ1v) is 8.36. The maximum atomic E-state index is 14.6. The van der Waals surface area contributed by atoms with Gasteiger partial charge in [0, 0.05) is 37.8 Å². The maximum Gasteiger partial charge on any atom is 0.419 e. The lowest BCUT2D eigenvalue weighted by Crippen LogP contribution is -2.45. The molecule has 1 aliphatic heterocycles. The van der Waals surface area contributed by atoms with Crippen LogP contribution in [0, 0.1) is 5.82 Å². The SMILES string of the molecule is C=CCCCC[C@H](c1cccc(C(F)(F)F)c1F)N1CCNCC1.Cl. The monoisotopic (exact) mass is 380 g/mol. The third-order valence-electron chi connectivity index (χ3n) is 4.42. The Morgan fingerprint density at radius 3 is 2.48 bits per heavy atom. The van der Waals surface area contributed by atoms with Crippen LogP contribution in [0.1, 0.15) is 42.9 Å². The van der Waals surface area contributed by atoms with Gasteiger partial charge in [-0.05, 0) is 25.3 Å². The van der Waals surface area contributed by atoms with Gasteiger partial charge in [0.2, 0.25) is 0 Å². The Kier molecular flexibility index (Phi) is 8.89. The molecule has 7 heteroatoms. The summed E-state index contributed by atoms with van der Waals surface area (Å²) in [4.78, 5) is 2.09. The van der Waals surface area contributed by atoms with E-state index in [-0.39, 0.29) is 24.0 Å². The number of halogens is 5. The second kappa shape index (κ2) is 10.1. The second-order valence-electron chi connectivity index (χ2n) is 6.08. The molecule has 0 saturated carbocycles. The van der Waals surface area contributed by atoms with E-state index in [0.717, 1.165) is 38.4 Å². The Morgan fingerprint density at radius 1 is 1.20 bits per heavy atom. The molecule has 0 aromatic heterocycles. The zero-order chi connectivity index (χ0) is 17.6. The van der Waals surface area contributed by atoms with E-state index < -0.39 is 17.6 Å². The lowest BCUT2D eigenvalue weighted by molar-refractivity contribution is -0.140. The van der Waals surface area contributed by atoms with Crippen LogP contribution in [-0.4, -0.2) is 31.1 Å². The molecule has 2 nitrogen and oxygen atoms in total. The topological polar surface area (TPSA) is 15.3 Å². The summed E-state index contributed by atoms with van der Waals surface area (Å²) < 4.78 is 53.6. The number of unbranched alkanes of at least 4 members (excludes halogenated alkanes) is 2. The largest absolute Gasteiger partial charge is 0.419 e. The van der Waals surface area contributed by atoms with Crippen molar-refractivity contribution in [1.29, 1.82) is 0 Å². The summed E-state index contributed by atoms with van der Waals surface area (Å²) in [6.45, 7) is 6.63. The highest BCUT2D eigenvalue weighted by molar-refractivity contribution is 5.85. The molecule has 1 atom stereocenters. The van der Waals surface area contributed by atoms with Crippen LogP contribution in [0.15, 0.2) is 30.9 Å². The summed E-state index contributed by atoms with van der Waals surface area (Å²) >= 11 is 0. The number of rotatable bonds is 7. The van der Waals surface area contributed by atoms with Crippen LogP contribution >= 0.6 is 12.4 Å². The summed E-state index contributed by atoms with van der Waals surface area (Å²) in [7, 11) is 0. The lowest BCUT2D eigenvalue weighted by atomic mass is 9.95. The van der Waals surface area contributed by atoms with Crippen LogP contribution in [0.5, 0.6) is 0 Å². The van der Waals surface area contributed by atoms with Gasteiger partial charge in [0.25, 0.3) is 0 Å². The molecule has 0 amide bonds. The normalized spacial score (nSPS) is 17.0. The number of alkyl halides is 3. The van der Waals surface area contributed by atoms with Crippen LogP contribution in [-0.2, 0) is 6.18 Å². The Bertz CT molecular complexity index is 542. The van der Waals surface area contributed by atoms with E-state index in [1.807, 2.05) is 6.08 Å². The predicted molar refractivity (Wildman–Crippen MR) is 94.5 cm³/mol. The average Bonchev–Trinajstić information content (AvgIpc) is 2.55. The molecule has 1 saturated heterocycles. The minimum Gasteiger partial charge on any atom is -0.314 e. The molecule has 1 N–H and O–H groups in total. The number of allylic oxidation sites excluding steroid dienone is 1. The van der Waals surface area contributed by atoms with Gasteiger partial charge in [-0.3, -0.25) is 4.90 Å². The van der Waals surface area contributed by atoms with Crippen molar-refractivity contribution in [3.05, 3.63) is 47.8 Å². The number of nitrogens with one attached hydrogen (secondary N) is 1. The van der Waals surface area contributed by atoms with Gasteiger partial charge in [-0.15, -0.1) is 19.0 Å². The highest BCUT2D eigenvalue weighted by Crippen LogP contribution is 2.36. The summed E-state index contributed by atoms with van der Waals surface area (Å²) in [5, 5.41) is 3.22. The fraction of sp³-hybridized carbons (Fsp3) is 0.556. The highest BCUT2D eigenvalue weighted by Gasteiger charge is 2.36. The maximum absolute atomic E-state index is 14.6. The Labute approximate surface area is 152 Å². The summed E-state index contributed by atoms with van der Waals surface area (Å²) in [5.74, 6) is -1.13. The van der Waals surface area contributed by atoms with Gasteiger partial charge in [0.05, 0.1) is 5.56 Å². The van der Waals surface area contributed by atoms with Gasteiger partial charge < -0.3 is 5.32 Å². The highest BCUT2D eigenvalue weighted by atomic mass is 35.5. The first kappa shape index (κ1) is 21.9. The van der Waals surface area contributed by atoms with Crippen LogP contribution in [0.3, 0.4) is 0 Å². The van der Waals surface area contributed by atoms with E-state index in [1.54, 1.807) is 0 Å². The molecule has 0 spiro atoms. The molecule has 0 unspecified atom stereocenters. The number of hydrogen-bond donors (Lipinski definition) is 1. The van der Waals surface area contributed by atoms with Crippen molar-refractivity contribution in [2.45, 2.75) is 37.9 Å². The van der Waals surface area contributed by atoms with E-state index in [9.17, 15) is 17.6 Å². The molecule has 0 radical (unpaired) electrons. The molecular weight excluding hydrogens is 356 g/mol. The Morgan fingerprint density at radius 2 is 1.88 bits per heavy atom. The molecule has 0 bridgehead atoms. The van der Waals surface area contributed by atoms with Crippen molar-refractivity contribution in [2.24, 2.45) is 0 Å². The Balaban J connectivity index is 0.00000312. The van der Waals surface area contributed by atoms with Crippen molar-refractivity contribution in [1.82, 2.24) is 10.2 Å². The standard InChI is InChI=1S/C18H24F4N2.ClH/c1-2-3-4-5-9-16(24-12-10-23-11-13-24)14-7-6-8-15(17(14)19)18(20,21)22;/h2,6-8,16,23H,1,3-5,9-13H2;1H/t16-;/m1./s1. The van der Waals surface area contributed by atoms with E-state index >= 15 is 0 Å². The molecule has 1 heterocycles. The lowest BCUT2D eigenvalue weighted by Gasteiger charge is -2.35. The number of hydrogen-bond acceptors (Lipinski definition) is 2. The van der Waals surface area contributed by atoms with E-state index in [0.29, 0.717) is 19.5 Å². The first-order chi connectivity index (χ1) is 11.4. The number of benzene rings is 1. The third-order valence-corrected chi connectivity index (χ3v) is 4.42. The third kappa shape index (κ3) is 5.97. The molecule has 2 rings (SSSR count). The number of piperazine rings is 1. The Hall–Kier alpha value is -1.11. The van der Waals surface area contributed by atoms with Crippen molar-refractivity contribution in [3.8, 4) is 0 Å². The quantitative estimate of drug-likeness (QED) is 0.408. The first-order valence-electron chi connectivity index (χ1n) is 8.36. The fourth-order valence-electron chi connectivity index (χ4n) is 3.18. The molecule has 142 valence electrons. The van der Waals surface area contributed by atoms with Gasteiger partial charge in [-0.2, -0.15) is 13.2 Å².